The van der Waals surface area contributed by atoms with E-state index in [0.717, 1.165) is 48.3 Å². The minimum atomic E-state index is 0.535. The van der Waals surface area contributed by atoms with E-state index in [0.29, 0.717) is 5.95 Å². The van der Waals surface area contributed by atoms with Gasteiger partial charge in [-0.1, -0.05) is 6.92 Å². The predicted molar refractivity (Wildman–Crippen MR) is 123 cm³/mol. The van der Waals surface area contributed by atoms with Gasteiger partial charge in [0, 0.05) is 55.7 Å². The van der Waals surface area contributed by atoms with Gasteiger partial charge < -0.3 is 19.9 Å². The average Bonchev–Trinajstić information content (AvgIpc) is 3.27. The van der Waals surface area contributed by atoms with Crippen molar-refractivity contribution in [2.24, 2.45) is 0 Å². The normalized spacial score (nSPS) is 14.0. The summed E-state index contributed by atoms with van der Waals surface area (Å²) >= 11 is 0. The number of imidazole rings is 1. The van der Waals surface area contributed by atoms with Crippen LogP contribution in [0.1, 0.15) is 31.7 Å². The maximum absolute atomic E-state index is 4.80. The highest BCUT2D eigenvalue weighted by Crippen LogP contribution is 2.25. The van der Waals surface area contributed by atoms with Gasteiger partial charge in [-0.25, -0.2) is 9.97 Å². The van der Waals surface area contributed by atoms with Gasteiger partial charge >= 0.3 is 0 Å². The molecule has 4 aromatic rings. The zero-order valence-corrected chi connectivity index (χ0v) is 17.6. The summed E-state index contributed by atoms with van der Waals surface area (Å²) in [7, 11) is 0. The van der Waals surface area contributed by atoms with Gasteiger partial charge in [-0.15, -0.1) is 0 Å². The quantitative estimate of drug-likeness (QED) is 0.478. The van der Waals surface area contributed by atoms with E-state index >= 15 is 0 Å². The predicted octanol–water partition coefficient (Wildman–Crippen LogP) is 4.56. The Morgan fingerprint density at radius 2 is 1.77 bits per heavy atom. The Morgan fingerprint density at radius 3 is 2.65 bits per heavy atom. The molecule has 0 unspecified atom stereocenters. The lowest BCUT2D eigenvalue weighted by atomic mass is 10.1. The first-order valence-electron chi connectivity index (χ1n) is 10.8. The molecule has 5 rings (SSSR count). The van der Waals surface area contributed by atoms with Crippen molar-refractivity contribution in [3.63, 3.8) is 0 Å². The summed E-state index contributed by atoms with van der Waals surface area (Å²) in [5.74, 6) is 2.95. The number of hydrogen-bond acceptors (Lipinski definition) is 7. The van der Waals surface area contributed by atoms with Gasteiger partial charge in [-0.05, 0) is 49.4 Å². The van der Waals surface area contributed by atoms with E-state index in [1.54, 1.807) is 6.20 Å². The number of pyridine rings is 2. The van der Waals surface area contributed by atoms with E-state index < -0.39 is 0 Å². The molecule has 0 radical (unpaired) electrons. The molecule has 158 valence electrons. The number of nitrogens with one attached hydrogen (secondary N) is 2. The van der Waals surface area contributed by atoms with Gasteiger partial charge in [-0.3, -0.25) is 0 Å². The van der Waals surface area contributed by atoms with Crippen molar-refractivity contribution in [3.05, 3.63) is 60.7 Å². The first-order valence-corrected chi connectivity index (χ1v) is 10.8. The molecular formula is C23H26N8. The third kappa shape index (κ3) is 4.42. The Bertz CT molecular complexity index is 1180. The molecule has 0 saturated carbocycles. The van der Waals surface area contributed by atoms with Crippen LogP contribution in [0, 0.1) is 0 Å². The van der Waals surface area contributed by atoms with Crippen LogP contribution in [0.4, 0.5) is 29.1 Å². The van der Waals surface area contributed by atoms with Crippen molar-refractivity contribution < 1.29 is 0 Å². The fraction of sp³-hybridized carbons (Fsp3) is 0.304. The lowest BCUT2D eigenvalue weighted by molar-refractivity contribution is 0.573. The van der Waals surface area contributed by atoms with Gasteiger partial charge in [-0.2, -0.15) is 9.97 Å². The Labute approximate surface area is 181 Å². The summed E-state index contributed by atoms with van der Waals surface area (Å²) < 4.78 is 1.98. The summed E-state index contributed by atoms with van der Waals surface area (Å²) in [6.07, 6.45) is 12.1. The monoisotopic (exact) mass is 414 g/mol. The third-order valence-corrected chi connectivity index (χ3v) is 5.54. The summed E-state index contributed by atoms with van der Waals surface area (Å²) in [6.45, 7) is 4.16. The summed E-state index contributed by atoms with van der Waals surface area (Å²) in [5, 5.41) is 6.72. The van der Waals surface area contributed by atoms with Crippen LogP contribution in [0.3, 0.4) is 0 Å². The molecule has 1 aliphatic rings. The number of nitrogens with zero attached hydrogens (tertiary/aromatic N) is 6. The fourth-order valence-corrected chi connectivity index (χ4v) is 3.85. The van der Waals surface area contributed by atoms with Crippen molar-refractivity contribution in [3.8, 4) is 0 Å². The molecule has 0 spiro atoms. The number of rotatable bonds is 6. The molecule has 2 N–H and O–H groups in total. The minimum Gasteiger partial charge on any atom is -0.356 e. The molecular weight excluding hydrogens is 388 g/mol. The highest BCUT2D eigenvalue weighted by molar-refractivity contribution is 5.65. The Kier molecular flexibility index (Phi) is 5.35. The molecule has 0 aliphatic carbocycles. The maximum atomic E-state index is 4.80. The Hall–Kier alpha value is -3.68. The van der Waals surface area contributed by atoms with Crippen molar-refractivity contribution in [2.45, 2.75) is 32.6 Å². The van der Waals surface area contributed by atoms with Crippen LogP contribution in [-0.2, 0) is 6.42 Å². The molecule has 1 aliphatic heterocycles. The molecule has 8 heteroatoms. The SMILES string of the molecule is CCc1ccnc(Nc2nc(Nc3ccn4ccnc4c3)cc(N3CCCCC3)n2)c1. The fourth-order valence-electron chi connectivity index (χ4n) is 3.85. The zero-order chi connectivity index (χ0) is 21.0. The molecule has 0 amide bonds. The maximum Gasteiger partial charge on any atom is 0.232 e. The molecule has 31 heavy (non-hydrogen) atoms. The first kappa shape index (κ1) is 19.3. The van der Waals surface area contributed by atoms with Gasteiger partial charge in [0.2, 0.25) is 5.95 Å². The summed E-state index contributed by atoms with van der Waals surface area (Å²) in [4.78, 5) is 20.6. The molecule has 0 bridgehead atoms. The van der Waals surface area contributed by atoms with Gasteiger partial charge in [0.15, 0.2) is 0 Å². The van der Waals surface area contributed by atoms with Gasteiger partial charge in [0.05, 0.1) is 0 Å². The lowest BCUT2D eigenvalue weighted by Gasteiger charge is -2.28. The van der Waals surface area contributed by atoms with Crippen molar-refractivity contribution in [2.75, 3.05) is 28.6 Å². The van der Waals surface area contributed by atoms with Crippen molar-refractivity contribution in [1.82, 2.24) is 24.3 Å². The summed E-state index contributed by atoms with van der Waals surface area (Å²) in [6, 6.07) is 10.1. The van der Waals surface area contributed by atoms with E-state index in [-0.39, 0.29) is 0 Å². The zero-order valence-electron chi connectivity index (χ0n) is 17.6. The molecule has 0 aromatic carbocycles. The van der Waals surface area contributed by atoms with Crippen LogP contribution in [0.2, 0.25) is 0 Å². The van der Waals surface area contributed by atoms with Crippen LogP contribution in [-0.4, -0.2) is 37.4 Å². The van der Waals surface area contributed by atoms with Gasteiger partial charge in [0.1, 0.15) is 23.1 Å². The molecule has 8 nitrogen and oxygen atoms in total. The number of aromatic nitrogens is 5. The smallest absolute Gasteiger partial charge is 0.232 e. The molecule has 4 aromatic heterocycles. The van der Waals surface area contributed by atoms with Crippen LogP contribution >= 0.6 is 0 Å². The molecule has 1 saturated heterocycles. The van der Waals surface area contributed by atoms with E-state index in [4.69, 9.17) is 9.97 Å². The molecule has 5 heterocycles. The number of piperidine rings is 1. The second-order valence-electron chi connectivity index (χ2n) is 7.74. The van der Waals surface area contributed by atoms with E-state index in [2.05, 4.69) is 32.4 Å². The second kappa shape index (κ2) is 8.59. The third-order valence-electron chi connectivity index (χ3n) is 5.54. The van der Waals surface area contributed by atoms with E-state index in [1.807, 2.05) is 53.3 Å². The van der Waals surface area contributed by atoms with E-state index in [1.165, 1.54) is 24.8 Å². The molecule has 1 fully saturated rings. The second-order valence-corrected chi connectivity index (χ2v) is 7.74. The van der Waals surface area contributed by atoms with Crippen LogP contribution < -0.4 is 15.5 Å². The highest BCUT2D eigenvalue weighted by atomic mass is 15.3. The van der Waals surface area contributed by atoms with E-state index in [9.17, 15) is 0 Å². The van der Waals surface area contributed by atoms with Gasteiger partial charge in [0.25, 0.3) is 0 Å². The number of aryl methyl sites for hydroxylation is 1. The van der Waals surface area contributed by atoms with Crippen molar-refractivity contribution in [1.29, 1.82) is 0 Å². The lowest BCUT2D eigenvalue weighted by Crippen LogP contribution is -2.30. The van der Waals surface area contributed by atoms with Crippen LogP contribution in [0.15, 0.2) is 55.1 Å². The minimum absolute atomic E-state index is 0.535. The summed E-state index contributed by atoms with van der Waals surface area (Å²) in [5.41, 5.74) is 3.03. The van der Waals surface area contributed by atoms with Crippen molar-refractivity contribution >= 4 is 34.7 Å². The topological polar surface area (TPSA) is 83.3 Å². The van der Waals surface area contributed by atoms with Crippen LogP contribution in [0.5, 0.6) is 0 Å². The number of hydrogen-bond donors (Lipinski definition) is 2. The Balaban J connectivity index is 1.47. The largest absolute Gasteiger partial charge is 0.356 e. The standard InChI is InChI=1S/C23H26N8/c1-2-17-6-8-24-19(14-17)27-23-28-20(16-22(29-23)30-10-4-3-5-11-30)26-18-7-12-31-13-9-25-21(31)15-18/h6-9,12-16H,2-5,10-11H2,1H3,(H2,24,26,27,28,29). The number of fused-ring (bicyclic) bond motifs is 1. The highest BCUT2D eigenvalue weighted by Gasteiger charge is 2.15. The first-order chi connectivity index (χ1) is 15.3. The number of anilines is 5. The Morgan fingerprint density at radius 1 is 0.871 bits per heavy atom. The molecule has 0 atom stereocenters. The van der Waals surface area contributed by atoms with Crippen LogP contribution in [0.25, 0.3) is 5.65 Å². The average molecular weight is 415 g/mol.